The highest BCUT2D eigenvalue weighted by Gasteiger charge is 2.41. The van der Waals surface area contributed by atoms with Crippen LogP contribution in [0.15, 0.2) is 43.0 Å². The zero-order chi connectivity index (χ0) is 21.8. The van der Waals surface area contributed by atoms with E-state index in [4.69, 9.17) is 9.47 Å². The molecule has 1 aromatic carbocycles. The van der Waals surface area contributed by atoms with E-state index in [0.717, 1.165) is 38.2 Å². The molecule has 0 atom stereocenters. The van der Waals surface area contributed by atoms with E-state index in [2.05, 4.69) is 39.1 Å². The Bertz CT molecular complexity index is 908. The highest BCUT2D eigenvalue weighted by atomic mass is 16.5. The topological polar surface area (TPSA) is 67.8 Å². The summed E-state index contributed by atoms with van der Waals surface area (Å²) in [6.45, 7) is 4.68. The van der Waals surface area contributed by atoms with Gasteiger partial charge in [-0.05, 0) is 56.2 Å². The fourth-order valence-corrected chi connectivity index (χ4v) is 5.21. The molecule has 170 valence electrons. The third-order valence-electron chi connectivity index (χ3n) is 7.02. The molecule has 3 fully saturated rings. The molecule has 32 heavy (non-hydrogen) atoms. The Balaban J connectivity index is 1.16. The molecule has 1 aromatic heterocycles. The van der Waals surface area contributed by atoms with Gasteiger partial charge in [-0.2, -0.15) is 0 Å². The second kappa shape index (κ2) is 9.55. The maximum atomic E-state index is 12.9. The second-order valence-electron chi connectivity index (χ2n) is 9.33. The van der Waals surface area contributed by atoms with Gasteiger partial charge in [0.05, 0.1) is 30.4 Å². The molecule has 5 rings (SSSR count). The Kier molecular flexibility index (Phi) is 6.37. The average molecular weight is 437 g/mol. The van der Waals surface area contributed by atoms with Crippen LogP contribution >= 0.6 is 0 Å². The van der Waals surface area contributed by atoms with Crippen molar-refractivity contribution in [1.82, 2.24) is 19.8 Å². The molecule has 2 saturated heterocycles. The van der Waals surface area contributed by atoms with Crippen LogP contribution in [0.5, 0.6) is 5.75 Å². The minimum Gasteiger partial charge on any atom is -0.490 e. The number of hydrogen-bond acceptors (Lipinski definition) is 6. The fourth-order valence-electron chi connectivity index (χ4n) is 5.21. The molecule has 7 heteroatoms. The first kappa shape index (κ1) is 21.3. The van der Waals surface area contributed by atoms with Crippen molar-refractivity contribution in [3.63, 3.8) is 0 Å². The van der Waals surface area contributed by atoms with Crippen LogP contribution in [0.3, 0.4) is 0 Å². The summed E-state index contributed by atoms with van der Waals surface area (Å²) in [6, 6.07) is 8.56. The molecular weight excluding hydrogens is 404 g/mol. The molecule has 0 unspecified atom stereocenters. The monoisotopic (exact) mass is 436 g/mol. The largest absolute Gasteiger partial charge is 0.490 e. The molecule has 0 bridgehead atoms. The Morgan fingerprint density at radius 2 is 1.91 bits per heavy atom. The lowest BCUT2D eigenvalue weighted by atomic mass is 9.89. The second-order valence-corrected chi connectivity index (χ2v) is 9.33. The lowest BCUT2D eigenvalue weighted by Crippen LogP contribution is -2.57. The third-order valence-corrected chi connectivity index (χ3v) is 7.02. The highest BCUT2D eigenvalue weighted by molar-refractivity contribution is 5.93. The van der Waals surface area contributed by atoms with Gasteiger partial charge in [-0.1, -0.05) is 12.1 Å². The van der Waals surface area contributed by atoms with Gasteiger partial charge in [0.1, 0.15) is 12.1 Å². The van der Waals surface area contributed by atoms with Gasteiger partial charge in [0, 0.05) is 38.6 Å². The van der Waals surface area contributed by atoms with E-state index in [1.807, 2.05) is 4.90 Å². The van der Waals surface area contributed by atoms with Crippen molar-refractivity contribution in [2.45, 2.75) is 56.8 Å². The molecule has 7 nitrogen and oxygen atoms in total. The number of carbonyl (C=O) groups excluding carboxylic acids is 1. The fraction of sp³-hybridized carbons (Fsp3) is 0.560. The summed E-state index contributed by atoms with van der Waals surface area (Å²) >= 11 is 0. The first-order valence-electron chi connectivity index (χ1n) is 11.9. The van der Waals surface area contributed by atoms with E-state index in [9.17, 15) is 4.79 Å². The molecule has 3 heterocycles. The summed E-state index contributed by atoms with van der Waals surface area (Å²) in [6.07, 6.45) is 11.8. The first-order valence-corrected chi connectivity index (χ1v) is 11.9. The summed E-state index contributed by atoms with van der Waals surface area (Å²) < 4.78 is 12.4. The molecule has 3 aliphatic rings. The van der Waals surface area contributed by atoms with Crippen LogP contribution in [0.25, 0.3) is 0 Å². The van der Waals surface area contributed by atoms with Crippen molar-refractivity contribution < 1.29 is 14.3 Å². The number of likely N-dealkylation sites (tertiary alicyclic amines) is 1. The van der Waals surface area contributed by atoms with Crippen molar-refractivity contribution in [3.05, 3.63) is 54.1 Å². The molecule has 1 aliphatic carbocycles. The summed E-state index contributed by atoms with van der Waals surface area (Å²) in [7, 11) is 0. The van der Waals surface area contributed by atoms with Gasteiger partial charge >= 0.3 is 0 Å². The summed E-state index contributed by atoms with van der Waals surface area (Å²) in [5, 5.41) is 0. The number of morpholine rings is 1. The standard InChI is InChI=1S/C25H32N4O3/c30-24(21-15-26-19-27-16-21)29-12-13-31-25(18-29)8-10-28(11-9-25)17-20-4-3-7-23(14-20)32-22-5-1-2-6-22/h3-4,7,14-16,19,22H,1-2,5-6,8-13,17-18H2. The van der Waals surface area contributed by atoms with Crippen molar-refractivity contribution in [2.75, 3.05) is 32.8 Å². The number of aromatic nitrogens is 2. The van der Waals surface area contributed by atoms with Crippen LogP contribution in [-0.2, 0) is 11.3 Å². The van der Waals surface area contributed by atoms with Crippen LogP contribution in [0.4, 0.5) is 0 Å². The van der Waals surface area contributed by atoms with Gasteiger partial charge in [0.2, 0.25) is 0 Å². The van der Waals surface area contributed by atoms with Crippen molar-refractivity contribution in [1.29, 1.82) is 0 Å². The van der Waals surface area contributed by atoms with Crippen LogP contribution in [-0.4, -0.2) is 70.2 Å². The third kappa shape index (κ3) is 4.94. The summed E-state index contributed by atoms with van der Waals surface area (Å²) in [4.78, 5) is 25.2. The molecule has 0 N–H and O–H groups in total. The van der Waals surface area contributed by atoms with Gasteiger partial charge in [-0.25, -0.2) is 9.97 Å². The van der Waals surface area contributed by atoms with E-state index in [-0.39, 0.29) is 11.5 Å². The number of nitrogens with zero attached hydrogens (tertiary/aromatic N) is 4. The number of benzene rings is 1. The zero-order valence-electron chi connectivity index (χ0n) is 18.6. The normalized spacial score (nSPS) is 21.7. The number of rotatable bonds is 5. The molecule has 2 aromatic rings. The number of ether oxygens (including phenoxy) is 2. The number of hydrogen-bond donors (Lipinski definition) is 0. The van der Waals surface area contributed by atoms with Crippen molar-refractivity contribution in [3.8, 4) is 5.75 Å². The van der Waals surface area contributed by atoms with Gasteiger partial charge in [0.25, 0.3) is 5.91 Å². The number of piperidine rings is 1. The van der Waals surface area contributed by atoms with Gasteiger partial charge < -0.3 is 14.4 Å². The Morgan fingerprint density at radius 3 is 2.69 bits per heavy atom. The van der Waals surface area contributed by atoms with E-state index >= 15 is 0 Å². The van der Waals surface area contributed by atoms with Crippen LogP contribution in [0, 0.1) is 0 Å². The van der Waals surface area contributed by atoms with Crippen molar-refractivity contribution >= 4 is 5.91 Å². The quantitative estimate of drug-likeness (QED) is 0.716. The molecule has 1 saturated carbocycles. The molecular formula is C25H32N4O3. The Hall–Kier alpha value is -2.51. The lowest BCUT2D eigenvalue weighted by molar-refractivity contribution is -0.127. The molecule has 1 spiro atoms. The summed E-state index contributed by atoms with van der Waals surface area (Å²) in [5.41, 5.74) is 1.59. The molecule has 1 amide bonds. The van der Waals surface area contributed by atoms with Crippen LogP contribution in [0.1, 0.15) is 54.4 Å². The molecule has 2 aliphatic heterocycles. The predicted octanol–water partition coefficient (Wildman–Crippen LogP) is 3.31. The van der Waals surface area contributed by atoms with Gasteiger partial charge in [0.15, 0.2) is 0 Å². The van der Waals surface area contributed by atoms with Crippen molar-refractivity contribution in [2.24, 2.45) is 0 Å². The predicted molar refractivity (Wildman–Crippen MR) is 120 cm³/mol. The van der Waals surface area contributed by atoms with E-state index in [1.54, 1.807) is 12.4 Å². The van der Waals surface area contributed by atoms with E-state index in [1.165, 1.54) is 37.6 Å². The highest BCUT2D eigenvalue weighted by Crippen LogP contribution is 2.32. The average Bonchev–Trinajstić information content (AvgIpc) is 3.34. The van der Waals surface area contributed by atoms with Gasteiger partial charge in [-0.3, -0.25) is 9.69 Å². The zero-order valence-corrected chi connectivity index (χ0v) is 18.6. The van der Waals surface area contributed by atoms with Gasteiger partial charge in [-0.15, -0.1) is 0 Å². The summed E-state index contributed by atoms with van der Waals surface area (Å²) in [5.74, 6) is 0.993. The van der Waals surface area contributed by atoms with E-state index in [0.29, 0.717) is 31.4 Å². The maximum Gasteiger partial charge on any atom is 0.257 e. The Labute approximate surface area is 189 Å². The van der Waals surface area contributed by atoms with E-state index < -0.39 is 0 Å². The Morgan fingerprint density at radius 1 is 1.12 bits per heavy atom. The number of carbonyl (C=O) groups is 1. The lowest BCUT2D eigenvalue weighted by Gasteiger charge is -2.47. The minimum absolute atomic E-state index is 0.00483. The molecule has 0 radical (unpaired) electrons. The number of amides is 1. The SMILES string of the molecule is O=C(c1cncnc1)N1CCOC2(CCN(Cc3cccc(OC4CCCC4)c3)CC2)C1. The maximum absolute atomic E-state index is 12.9. The minimum atomic E-state index is -0.243. The van der Waals surface area contributed by atoms with Crippen LogP contribution in [0.2, 0.25) is 0 Å². The smallest absolute Gasteiger partial charge is 0.257 e. The van der Waals surface area contributed by atoms with Crippen LogP contribution < -0.4 is 4.74 Å². The first-order chi connectivity index (χ1) is 15.7.